The number of aryl methyl sites for hydroxylation is 1. The van der Waals surface area contributed by atoms with Crippen LogP contribution in [0, 0.1) is 12.8 Å². The highest BCUT2D eigenvalue weighted by atomic mass is 16.4. The molecule has 0 spiro atoms. The molecule has 0 aliphatic heterocycles. The molecule has 1 aromatic rings. The van der Waals surface area contributed by atoms with E-state index in [-0.39, 0.29) is 24.3 Å². The van der Waals surface area contributed by atoms with E-state index in [1.54, 1.807) is 6.07 Å². The fourth-order valence-corrected chi connectivity index (χ4v) is 2.07. The van der Waals surface area contributed by atoms with Gasteiger partial charge in [0.1, 0.15) is 0 Å². The van der Waals surface area contributed by atoms with Gasteiger partial charge in [-0.25, -0.2) is 0 Å². The second-order valence-corrected chi connectivity index (χ2v) is 4.59. The molecule has 5 heteroatoms. The summed E-state index contributed by atoms with van der Waals surface area (Å²) in [5, 5.41) is 11.4. The highest BCUT2D eigenvalue weighted by molar-refractivity contribution is 5.91. The number of carboxylic acids is 1. The molecule has 1 aliphatic carbocycles. The van der Waals surface area contributed by atoms with Gasteiger partial charge < -0.3 is 14.8 Å². The fourth-order valence-electron chi connectivity index (χ4n) is 2.07. The summed E-state index contributed by atoms with van der Waals surface area (Å²) in [5.41, 5.74) is 0.910. The maximum Gasteiger partial charge on any atom is 0.303 e. The second-order valence-electron chi connectivity index (χ2n) is 4.59. The van der Waals surface area contributed by atoms with Crippen molar-refractivity contribution in [1.29, 1.82) is 0 Å². The normalized spacial score (nSPS) is 22.9. The maximum atomic E-state index is 11.7. The Morgan fingerprint density at radius 1 is 1.53 bits per heavy atom. The number of hydrogen-bond donors (Lipinski definition) is 2. The largest absolute Gasteiger partial charge is 0.481 e. The van der Waals surface area contributed by atoms with E-state index < -0.39 is 5.97 Å². The summed E-state index contributed by atoms with van der Waals surface area (Å²) >= 11 is 0. The van der Waals surface area contributed by atoms with Crippen molar-refractivity contribution in [3.63, 3.8) is 0 Å². The Labute approximate surface area is 98.8 Å². The van der Waals surface area contributed by atoms with Crippen molar-refractivity contribution in [3.05, 3.63) is 23.7 Å². The van der Waals surface area contributed by atoms with Crippen molar-refractivity contribution in [3.8, 4) is 0 Å². The predicted octanol–water partition coefficient (Wildman–Crippen LogP) is 1.57. The van der Waals surface area contributed by atoms with Gasteiger partial charge in [-0.15, -0.1) is 0 Å². The van der Waals surface area contributed by atoms with Crippen LogP contribution >= 0.6 is 0 Å². The van der Waals surface area contributed by atoms with Gasteiger partial charge in [-0.2, -0.15) is 0 Å². The zero-order valence-electron chi connectivity index (χ0n) is 9.60. The molecule has 92 valence electrons. The van der Waals surface area contributed by atoms with Crippen LogP contribution in [0.3, 0.4) is 0 Å². The highest BCUT2D eigenvalue weighted by Crippen LogP contribution is 2.30. The smallest absolute Gasteiger partial charge is 0.303 e. The topological polar surface area (TPSA) is 79.5 Å². The van der Waals surface area contributed by atoms with Crippen LogP contribution in [-0.2, 0) is 4.79 Å². The summed E-state index contributed by atoms with van der Waals surface area (Å²) in [4.78, 5) is 22.1. The minimum atomic E-state index is -0.776. The predicted molar refractivity (Wildman–Crippen MR) is 59.7 cm³/mol. The van der Waals surface area contributed by atoms with Gasteiger partial charge in [-0.3, -0.25) is 9.59 Å². The molecule has 17 heavy (non-hydrogen) atoms. The molecular weight excluding hydrogens is 222 g/mol. The van der Waals surface area contributed by atoms with Crippen molar-refractivity contribution in [2.75, 3.05) is 0 Å². The van der Waals surface area contributed by atoms with E-state index in [0.29, 0.717) is 5.76 Å². The third-order valence-electron chi connectivity index (χ3n) is 2.99. The summed E-state index contributed by atoms with van der Waals surface area (Å²) in [5.74, 6) is -0.501. The quantitative estimate of drug-likeness (QED) is 0.833. The minimum Gasteiger partial charge on any atom is -0.481 e. The number of rotatable bonds is 4. The van der Waals surface area contributed by atoms with Crippen LogP contribution in [0.15, 0.2) is 16.7 Å². The third kappa shape index (κ3) is 2.87. The minimum absolute atomic E-state index is 0.0808. The first-order valence-electron chi connectivity index (χ1n) is 5.62. The number of carboxylic acid groups (broad SMARTS) is 1. The second kappa shape index (κ2) is 4.61. The Hall–Kier alpha value is -1.78. The van der Waals surface area contributed by atoms with E-state index >= 15 is 0 Å². The lowest BCUT2D eigenvalue weighted by Crippen LogP contribution is -2.44. The van der Waals surface area contributed by atoms with Crippen molar-refractivity contribution in [2.24, 2.45) is 5.92 Å². The van der Waals surface area contributed by atoms with Gasteiger partial charge in [0, 0.05) is 12.5 Å². The fraction of sp³-hybridized carbons (Fsp3) is 0.500. The lowest BCUT2D eigenvalue weighted by atomic mass is 9.78. The maximum absolute atomic E-state index is 11.7. The lowest BCUT2D eigenvalue weighted by molar-refractivity contribution is -0.138. The Balaban J connectivity index is 1.77. The van der Waals surface area contributed by atoms with Crippen LogP contribution in [-0.4, -0.2) is 23.0 Å². The SMILES string of the molecule is Cc1coc(C(=O)NC2CC(CC(=O)O)C2)c1. The standard InChI is InChI=1S/C12H15NO4/c1-7-2-10(17-6-7)12(16)13-9-3-8(4-9)5-11(14)15/h2,6,8-9H,3-5H2,1H3,(H,13,16)(H,14,15). The summed E-state index contributed by atoms with van der Waals surface area (Å²) in [6.45, 7) is 1.85. The average Bonchev–Trinajstić information content (AvgIpc) is 2.60. The van der Waals surface area contributed by atoms with E-state index in [4.69, 9.17) is 9.52 Å². The van der Waals surface area contributed by atoms with E-state index in [9.17, 15) is 9.59 Å². The molecule has 2 rings (SSSR count). The van der Waals surface area contributed by atoms with Crippen LogP contribution in [0.1, 0.15) is 35.4 Å². The Kier molecular flexibility index (Phi) is 3.17. The number of amides is 1. The summed E-state index contributed by atoms with van der Waals surface area (Å²) in [7, 11) is 0. The monoisotopic (exact) mass is 237 g/mol. The van der Waals surface area contributed by atoms with Gasteiger partial charge in [-0.05, 0) is 37.3 Å². The van der Waals surface area contributed by atoms with Gasteiger partial charge >= 0.3 is 5.97 Å². The molecule has 0 bridgehead atoms. The zero-order valence-corrected chi connectivity index (χ0v) is 9.60. The summed E-state index contributed by atoms with van der Waals surface area (Å²) in [6, 6.07) is 1.76. The highest BCUT2D eigenvalue weighted by Gasteiger charge is 2.32. The lowest BCUT2D eigenvalue weighted by Gasteiger charge is -2.34. The summed E-state index contributed by atoms with van der Waals surface area (Å²) < 4.78 is 5.08. The molecule has 0 atom stereocenters. The molecule has 0 aromatic carbocycles. The van der Waals surface area contributed by atoms with Gasteiger partial charge in [0.15, 0.2) is 5.76 Å². The molecule has 0 radical (unpaired) electrons. The van der Waals surface area contributed by atoms with Crippen LogP contribution < -0.4 is 5.32 Å². The van der Waals surface area contributed by atoms with E-state index in [2.05, 4.69) is 5.32 Å². The number of carbonyl (C=O) groups is 2. The molecule has 0 unspecified atom stereocenters. The van der Waals surface area contributed by atoms with Crippen LogP contribution in [0.25, 0.3) is 0 Å². The molecule has 1 heterocycles. The first kappa shape index (κ1) is 11.7. The Morgan fingerprint density at radius 3 is 2.76 bits per heavy atom. The number of carbonyl (C=O) groups excluding carboxylic acids is 1. The first-order chi connectivity index (χ1) is 8.04. The van der Waals surface area contributed by atoms with E-state index in [1.165, 1.54) is 6.26 Å². The van der Waals surface area contributed by atoms with E-state index in [0.717, 1.165) is 18.4 Å². The average molecular weight is 237 g/mol. The van der Waals surface area contributed by atoms with Crippen molar-refractivity contribution < 1.29 is 19.1 Å². The molecule has 1 aliphatic rings. The number of nitrogens with one attached hydrogen (secondary N) is 1. The molecular formula is C12H15NO4. The molecule has 0 saturated heterocycles. The molecule has 2 N–H and O–H groups in total. The number of hydrogen-bond acceptors (Lipinski definition) is 3. The molecule has 1 fully saturated rings. The third-order valence-corrected chi connectivity index (χ3v) is 2.99. The Morgan fingerprint density at radius 2 is 2.24 bits per heavy atom. The molecule has 1 saturated carbocycles. The van der Waals surface area contributed by atoms with Crippen molar-refractivity contribution in [2.45, 2.75) is 32.2 Å². The molecule has 5 nitrogen and oxygen atoms in total. The van der Waals surface area contributed by atoms with Gasteiger partial charge in [0.25, 0.3) is 5.91 Å². The number of furan rings is 1. The van der Waals surface area contributed by atoms with Gasteiger partial charge in [0.2, 0.25) is 0 Å². The van der Waals surface area contributed by atoms with Crippen LogP contribution in [0.2, 0.25) is 0 Å². The molecule has 1 aromatic heterocycles. The van der Waals surface area contributed by atoms with Gasteiger partial charge in [-0.1, -0.05) is 0 Å². The summed E-state index contributed by atoms with van der Waals surface area (Å²) in [6.07, 6.45) is 3.19. The van der Waals surface area contributed by atoms with E-state index in [1.807, 2.05) is 6.92 Å². The van der Waals surface area contributed by atoms with Gasteiger partial charge in [0.05, 0.1) is 6.26 Å². The zero-order chi connectivity index (χ0) is 12.4. The van der Waals surface area contributed by atoms with Crippen LogP contribution in [0.4, 0.5) is 0 Å². The van der Waals surface area contributed by atoms with Crippen molar-refractivity contribution in [1.82, 2.24) is 5.32 Å². The van der Waals surface area contributed by atoms with Crippen LogP contribution in [0.5, 0.6) is 0 Å². The Bertz CT molecular complexity index is 431. The molecule has 1 amide bonds. The number of aliphatic carboxylic acids is 1. The van der Waals surface area contributed by atoms with Crippen molar-refractivity contribution >= 4 is 11.9 Å². The first-order valence-corrected chi connectivity index (χ1v) is 5.62.